The number of carbonyl (C=O) groups is 1. The largest absolute Gasteiger partial charge is 0.337 e. The molecule has 7 heteroatoms. The van der Waals surface area contributed by atoms with Crippen LogP contribution in [0, 0.1) is 0 Å². The van der Waals surface area contributed by atoms with E-state index in [9.17, 15) is 13.2 Å². The first kappa shape index (κ1) is 18.3. The van der Waals surface area contributed by atoms with Crippen molar-refractivity contribution in [1.82, 2.24) is 5.32 Å². The van der Waals surface area contributed by atoms with Crippen LogP contribution in [0.15, 0.2) is 53.4 Å². The molecule has 0 heterocycles. The minimum absolute atomic E-state index is 0.0971. The summed E-state index contributed by atoms with van der Waals surface area (Å²) in [6.07, 6.45) is 1.10. The van der Waals surface area contributed by atoms with Crippen molar-refractivity contribution in [3.8, 4) is 0 Å². The number of amides is 2. The molecular weight excluding hydrogens is 348 g/mol. The van der Waals surface area contributed by atoms with Gasteiger partial charge in [-0.05, 0) is 29.7 Å². The molecule has 0 radical (unpaired) electrons. The molecule has 2 rings (SSSR count). The van der Waals surface area contributed by atoms with Gasteiger partial charge in [-0.15, -0.1) is 0 Å². The molecule has 24 heavy (non-hydrogen) atoms. The van der Waals surface area contributed by atoms with E-state index in [2.05, 4.69) is 10.6 Å². The highest BCUT2D eigenvalue weighted by Crippen LogP contribution is 2.25. The van der Waals surface area contributed by atoms with E-state index in [-0.39, 0.29) is 21.5 Å². The molecule has 0 spiro atoms. The number of halogens is 1. The molecule has 0 aliphatic rings. The zero-order chi connectivity index (χ0) is 17.7. The first-order valence-electron chi connectivity index (χ1n) is 7.37. The van der Waals surface area contributed by atoms with Gasteiger partial charge in [0.25, 0.3) is 0 Å². The van der Waals surface area contributed by atoms with Crippen molar-refractivity contribution in [3.05, 3.63) is 59.1 Å². The van der Waals surface area contributed by atoms with Gasteiger partial charge in [0.05, 0.1) is 15.6 Å². The second-order valence-electron chi connectivity index (χ2n) is 5.56. The topological polar surface area (TPSA) is 75.3 Å². The summed E-state index contributed by atoms with van der Waals surface area (Å²) in [4.78, 5) is 12.1. The van der Waals surface area contributed by atoms with Crippen LogP contribution in [-0.2, 0) is 9.84 Å². The van der Waals surface area contributed by atoms with Gasteiger partial charge >= 0.3 is 6.03 Å². The summed E-state index contributed by atoms with van der Waals surface area (Å²) >= 11 is 6.01. The summed E-state index contributed by atoms with van der Waals surface area (Å²) < 4.78 is 23.2. The van der Waals surface area contributed by atoms with Crippen LogP contribution < -0.4 is 10.6 Å². The van der Waals surface area contributed by atoms with Crippen LogP contribution in [-0.4, -0.2) is 27.2 Å². The van der Waals surface area contributed by atoms with E-state index in [0.717, 1.165) is 11.8 Å². The van der Waals surface area contributed by atoms with Crippen molar-refractivity contribution in [2.45, 2.75) is 17.7 Å². The molecule has 128 valence electrons. The Morgan fingerprint density at radius 1 is 1.17 bits per heavy atom. The van der Waals surface area contributed by atoms with Crippen LogP contribution in [0.25, 0.3) is 0 Å². The molecule has 2 N–H and O–H groups in total. The van der Waals surface area contributed by atoms with Gasteiger partial charge < -0.3 is 10.6 Å². The highest BCUT2D eigenvalue weighted by atomic mass is 35.5. The molecular formula is C17H19ClN2O3S. The van der Waals surface area contributed by atoms with Crippen molar-refractivity contribution < 1.29 is 13.2 Å². The van der Waals surface area contributed by atoms with Crippen LogP contribution in [0.3, 0.4) is 0 Å². The van der Waals surface area contributed by atoms with E-state index in [1.54, 1.807) is 0 Å². The average molecular weight is 367 g/mol. The number of rotatable bonds is 5. The van der Waals surface area contributed by atoms with Crippen molar-refractivity contribution in [2.24, 2.45) is 0 Å². The third-order valence-electron chi connectivity index (χ3n) is 3.55. The van der Waals surface area contributed by atoms with E-state index in [1.807, 2.05) is 37.3 Å². The van der Waals surface area contributed by atoms with Gasteiger partial charge in [0.2, 0.25) is 0 Å². The number of urea groups is 1. The Morgan fingerprint density at radius 2 is 1.83 bits per heavy atom. The number of benzene rings is 2. The van der Waals surface area contributed by atoms with Crippen LogP contribution in [0.5, 0.6) is 0 Å². The standard InChI is InChI=1S/C17H19ClN2O3S/c1-12(13-6-4-3-5-7-13)11-19-17(21)20-16-10-14(24(2,22)23)8-9-15(16)18/h3-10,12H,11H2,1-2H3,(H2,19,20,21)/t12-/m1/s1. The van der Waals surface area contributed by atoms with Gasteiger partial charge in [0.1, 0.15) is 0 Å². The lowest BCUT2D eigenvalue weighted by molar-refractivity contribution is 0.251. The molecule has 0 saturated heterocycles. The first-order chi connectivity index (χ1) is 11.3. The lowest BCUT2D eigenvalue weighted by Crippen LogP contribution is -2.31. The summed E-state index contributed by atoms with van der Waals surface area (Å²) in [6.45, 7) is 2.45. The average Bonchev–Trinajstić information content (AvgIpc) is 2.54. The van der Waals surface area contributed by atoms with E-state index in [0.29, 0.717) is 6.54 Å². The Morgan fingerprint density at radius 3 is 2.46 bits per heavy atom. The quantitative estimate of drug-likeness (QED) is 0.847. The van der Waals surface area contributed by atoms with Crippen LogP contribution in [0.1, 0.15) is 18.4 Å². The number of sulfone groups is 1. The van der Waals surface area contributed by atoms with E-state index in [4.69, 9.17) is 11.6 Å². The van der Waals surface area contributed by atoms with Crippen LogP contribution in [0.2, 0.25) is 5.02 Å². The number of carbonyl (C=O) groups excluding carboxylic acids is 1. The minimum Gasteiger partial charge on any atom is -0.337 e. The maximum absolute atomic E-state index is 12.0. The Kier molecular flexibility index (Phi) is 5.85. The van der Waals surface area contributed by atoms with Crippen molar-refractivity contribution in [3.63, 3.8) is 0 Å². The molecule has 5 nitrogen and oxygen atoms in total. The summed E-state index contributed by atoms with van der Waals surface area (Å²) in [5, 5.41) is 5.61. The van der Waals surface area contributed by atoms with Gasteiger partial charge in [-0.3, -0.25) is 0 Å². The predicted octanol–water partition coefficient (Wildman–Crippen LogP) is 3.67. The Labute approximate surface area is 147 Å². The second-order valence-corrected chi connectivity index (χ2v) is 7.98. The van der Waals surface area contributed by atoms with Crippen LogP contribution in [0.4, 0.5) is 10.5 Å². The Balaban J connectivity index is 2.00. The molecule has 2 amide bonds. The van der Waals surface area contributed by atoms with Gasteiger partial charge in [-0.2, -0.15) is 0 Å². The molecule has 0 saturated carbocycles. The molecule has 2 aromatic carbocycles. The molecule has 0 aromatic heterocycles. The smallest absolute Gasteiger partial charge is 0.319 e. The molecule has 0 bridgehead atoms. The van der Waals surface area contributed by atoms with Crippen LogP contribution >= 0.6 is 11.6 Å². The Bertz CT molecular complexity index is 823. The normalized spacial score (nSPS) is 12.5. The predicted molar refractivity (Wildman–Crippen MR) is 96.4 cm³/mol. The van der Waals surface area contributed by atoms with Gasteiger partial charge in [0.15, 0.2) is 9.84 Å². The molecule has 2 aromatic rings. The third kappa shape index (κ3) is 4.97. The summed E-state index contributed by atoms with van der Waals surface area (Å²) in [6, 6.07) is 13.6. The summed E-state index contributed by atoms with van der Waals surface area (Å²) in [7, 11) is -3.37. The summed E-state index contributed by atoms with van der Waals surface area (Å²) in [5.74, 6) is 0.148. The number of hydrogen-bond donors (Lipinski definition) is 2. The van der Waals surface area contributed by atoms with Gasteiger partial charge in [0, 0.05) is 12.8 Å². The number of hydrogen-bond acceptors (Lipinski definition) is 3. The minimum atomic E-state index is -3.37. The van der Waals surface area contributed by atoms with Crippen molar-refractivity contribution in [1.29, 1.82) is 0 Å². The lowest BCUT2D eigenvalue weighted by Gasteiger charge is -2.14. The monoisotopic (exact) mass is 366 g/mol. The highest BCUT2D eigenvalue weighted by molar-refractivity contribution is 7.90. The Hall–Kier alpha value is -2.05. The molecule has 0 fully saturated rings. The van der Waals surface area contributed by atoms with E-state index in [1.165, 1.54) is 18.2 Å². The third-order valence-corrected chi connectivity index (χ3v) is 4.99. The fourth-order valence-electron chi connectivity index (χ4n) is 2.14. The number of nitrogens with one attached hydrogen (secondary N) is 2. The van der Waals surface area contributed by atoms with Crippen molar-refractivity contribution in [2.75, 3.05) is 18.1 Å². The fraction of sp³-hybridized carbons (Fsp3) is 0.235. The molecule has 1 atom stereocenters. The maximum Gasteiger partial charge on any atom is 0.319 e. The first-order valence-corrected chi connectivity index (χ1v) is 9.63. The zero-order valence-electron chi connectivity index (χ0n) is 13.4. The highest BCUT2D eigenvalue weighted by Gasteiger charge is 2.13. The lowest BCUT2D eigenvalue weighted by atomic mass is 10.0. The maximum atomic E-state index is 12.0. The zero-order valence-corrected chi connectivity index (χ0v) is 15.0. The number of anilines is 1. The molecule has 0 aliphatic heterocycles. The van der Waals surface area contributed by atoms with Gasteiger partial charge in [-0.25, -0.2) is 13.2 Å². The molecule has 0 aliphatic carbocycles. The van der Waals surface area contributed by atoms with Gasteiger partial charge in [-0.1, -0.05) is 48.9 Å². The second kappa shape index (κ2) is 7.68. The van der Waals surface area contributed by atoms with Crippen molar-refractivity contribution >= 4 is 33.2 Å². The van der Waals surface area contributed by atoms with E-state index < -0.39 is 15.9 Å². The molecule has 0 unspecified atom stereocenters. The van der Waals surface area contributed by atoms with E-state index >= 15 is 0 Å². The fourth-order valence-corrected chi connectivity index (χ4v) is 2.95. The summed E-state index contributed by atoms with van der Waals surface area (Å²) in [5.41, 5.74) is 1.37. The SMILES string of the molecule is C[C@H](CNC(=O)Nc1cc(S(C)(=O)=O)ccc1Cl)c1ccccc1.